The fraction of sp³-hybridized carbons (Fsp3) is 0.0612. The molecule has 0 saturated heterocycles. The Labute approximate surface area is 318 Å². The predicted octanol–water partition coefficient (Wildman–Crippen LogP) is 11.5. The average molecular weight is 705 g/mol. The lowest BCUT2D eigenvalue weighted by molar-refractivity contribution is 0.660. The number of nitriles is 1. The van der Waals surface area contributed by atoms with Crippen LogP contribution in [-0.2, 0) is 5.41 Å². The van der Waals surface area contributed by atoms with Crippen molar-refractivity contribution < 1.29 is 0 Å². The van der Waals surface area contributed by atoms with E-state index in [2.05, 4.69) is 86.6 Å². The third-order valence-corrected chi connectivity index (χ3v) is 10.8. The smallest absolute Gasteiger partial charge is 0.164 e. The van der Waals surface area contributed by atoms with Crippen LogP contribution >= 0.6 is 0 Å². The van der Waals surface area contributed by atoms with Crippen LogP contribution in [0.15, 0.2) is 158 Å². The zero-order valence-electron chi connectivity index (χ0n) is 30.2. The molecule has 3 heterocycles. The van der Waals surface area contributed by atoms with Gasteiger partial charge in [0.05, 0.1) is 22.7 Å². The summed E-state index contributed by atoms with van der Waals surface area (Å²) in [4.78, 5) is 24.7. The quantitative estimate of drug-likeness (QED) is 0.166. The summed E-state index contributed by atoms with van der Waals surface area (Å²) in [6, 6.07) is 52.2. The van der Waals surface area contributed by atoms with Gasteiger partial charge in [-0.2, -0.15) is 5.26 Å². The van der Waals surface area contributed by atoms with Crippen molar-refractivity contribution in [1.29, 1.82) is 5.26 Å². The number of pyridine rings is 2. The molecule has 0 bridgehead atoms. The molecule has 1 aliphatic carbocycles. The van der Waals surface area contributed by atoms with Crippen molar-refractivity contribution in [3.63, 3.8) is 0 Å². The van der Waals surface area contributed by atoms with Crippen molar-refractivity contribution >= 4 is 21.8 Å². The molecule has 0 amide bonds. The van der Waals surface area contributed by atoms with Crippen molar-refractivity contribution in [1.82, 2.24) is 24.9 Å². The van der Waals surface area contributed by atoms with Gasteiger partial charge < -0.3 is 0 Å². The molecule has 6 heteroatoms. The van der Waals surface area contributed by atoms with Gasteiger partial charge in [-0.15, -0.1) is 0 Å². The molecule has 6 nitrogen and oxygen atoms in total. The highest BCUT2D eigenvalue weighted by atomic mass is 15.0. The Morgan fingerprint density at radius 1 is 0.455 bits per heavy atom. The lowest BCUT2D eigenvalue weighted by Crippen LogP contribution is -2.15. The number of benzene rings is 6. The van der Waals surface area contributed by atoms with Crippen molar-refractivity contribution in [3.05, 3.63) is 175 Å². The molecule has 0 unspecified atom stereocenters. The lowest BCUT2D eigenvalue weighted by atomic mass is 9.81. The number of rotatable bonds is 5. The summed E-state index contributed by atoms with van der Waals surface area (Å²) < 4.78 is 0. The molecule has 9 aromatic rings. The van der Waals surface area contributed by atoms with Gasteiger partial charge in [-0.05, 0) is 93.0 Å². The summed E-state index contributed by atoms with van der Waals surface area (Å²) in [5.41, 5.74) is 13.8. The molecule has 0 aliphatic heterocycles. The summed E-state index contributed by atoms with van der Waals surface area (Å²) in [6.45, 7) is 4.49. The Hall–Kier alpha value is -7.36. The molecule has 3 aromatic heterocycles. The Balaban J connectivity index is 1.21. The molecule has 0 radical (unpaired) electrons. The van der Waals surface area contributed by atoms with Crippen molar-refractivity contribution in [3.8, 4) is 73.6 Å². The van der Waals surface area contributed by atoms with E-state index in [9.17, 15) is 5.26 Å². The number of aromatic nitrogens is 5. The van der Waals surface area contributed by atoms with E-state index in [0.717, 1.165) is 60.8 Å². The van der Waals surface area contributed by atoms with Crippen LogP contribution in [0.2, 0.25) is 0 Å². The summed E-state index contributed by atoms with van der Waals surface area (Å²) >= 11 is 0. The fourth-order valence-corrected chi connectivity index (χ4v) is 8.01. The normalized spacial score (nSPS) is 12.7. The Kier molecular flexibility index (Phi) is 7.43. The van der Waals surface area contributed by atoms with Crippen LogP contribution in [0.25, 0.3) is 89.4 Å². The van der Waals surface area contributed by atoms with Crippen LogP contribution in [0.3, 0.4) is 0 Å². The number of nitrogens with zero attached hydrogens (tertiary/aromatic N) is 6. The molecule has 0 atom stereocenters. The van der Waals surface area contributed by atoms with E-state index in [4.69, 9.17) is 24.9 Å². The minimum atomic E-state index is -0.285. The van der Waals surface area contributed by atoms with Gasteiger partial charge in [-0.25, -0.2) is 15.0 Å². The average Bonchev–Trinajstić information content (AvgIpc) is 3.48. The van der Waals surface area contributed by atoms with E-state index >= 15 is 0 Å². The highest BCUT2D eigenvalue weighted by Crippen LogP contribution is 2.50. The van der Waals surface area contributed by atoms with E-state index < -0.39 is 0 Å². The van der Waals surface area contributed by atoms with Crippen molar-refractivity contribution in [2.75, 3.05) is 0 Å². The standard InChI is InChI=1S/C49H32N6/c1-49(2)42-24-30(29-50)15-18-39(42)40-19-17-34(28-43(40)49)35-25-36(38-21-23-52-45-41(38)20-16-31-14-9-22-51-44(31)45)27-37(26-35)48-54-46(32-10-5-3-6-11-32)53-47(55-48)33-12-7-4-8-13-33/h3-28H,1-2H3. The third kappa shape index (κ3) is 5.45. The first kappa shape index (κ1) is 32.3. The molecule has 55 heavy (non-hydrogen) atoms. The Morgan fingerprint density at radius 2 is 1.07 bits per heavy atom. The number of fused-ring (bicyclic) bond motifs is 6. The maximum Gasteiger partial charge on any atom is 0.164 e. The molecule has 1 aliphatic rings. The van der Waals surface area contributed by atoms with Crippen LogP contribution in [0.5, 0.6) is 0 Å². The predicted molar refractivity (Wildman–Crippen MR) is 220 cm³/mol. The van der Waals surface area contributed by atoms with Gasteiger partial charge in [0.1, 0.15) is 0 Å². The second-order valence-electron chi connectivity index (χ2n) is 14.5. The first-order valence-electron chi connectivity index (χ1n) is 18.3. The summed E-state index contributed by atoms with van der Waals surface area (Å²) in [6.07, 6.45) is 3.69. The summed E-state index contributed by atoms with van der Waals surface area (Å²) in [5.74, 6) is 1.80. The molecule has 0 fully saturated rings. The van der Waals surface area contributed by atoms with Crippen molar-refractivity contribution in [2.24, 2.45) is 0 Å². The lowest BCUT2D eigenvalue weighted by Gasteiger charge is -2.22. The SMILES string of the molecule is CC1(C)c2cc(C#N)ccc2-c2ccc(-c3cc(-c4nc(-c5ccccc5)nc(-c5ccccc5)n4)cc(-c4ccnc5c4ccc4cccnc45)c3)cc21. The molecular weight excluding hydrogens is 673 g/mol. The summed E-state index contributed by atoms with van der Waals surface area (Å²) in [7, 11) is 0. The van der Waals surface area contributed by atoms with Gasteiger partial charge in [0.15, 0.2) is 17.5 Å². The van der Waals surface area contributed by atoms with Crippen LogP contribution in [0, 0.1) is 11.3 Å². The fourth-order valence-electron chi connectivity index (χ4n) is 8.01. The molecule has 10 rings (SSSR count). The minimum Gasteiger partial charge on any atom is -0.254 e. The number of hydrogen-bond donors (Lipinski definition) is 0. The number of hydrogen-bond acceptors (Lipinski definition) is 6. The maximum atomic E-state index is 9.70. The molecule has 0 spiro atoms. The van der Waals surface area contributed by atoms with Gasteiger partial charge in [0.25, 0.3) is 0 Å². The second-order valence-corrected chi connectivity index (χ2v) is 14.5. The van der Waals surface area contributed by atoms with E-state index in [1.54, 1.807) is 0 Å². The molecule has 0 saturated carbocycles. The monoisotopic (exact) mass is 704 g/mol. The van der Waals surface area contributed by atoms with Gasteiger partial charge in [0, 0.05) is 45.3 Å². The highest BCUT2D eigenvalue weighted by molar-refractivity contribution is 6.08. The first-order valence-corrected chi connectivity index (χ1v) is 18.3. The molecule has 258 valence electrons. The van der Waals surface area contributed by atoms with Gasteiger partial charge in [-0.1, -0.05) is 111 Å². The van der Waals surface area contributed by atoms with Gasteiger partial charge >= 0.3 is 0 Å². The Bertz CT molecular complexity index is 2960. The van der Waals surface area contributed by atoms with Crippen LogP contribution in [0.4, 0.5) is 0 Å². The van der Waals surface area contributed by atoms with Gasteiger partial charge in [-0.3, -0.25) is 9.97 Å². The Morgan fingerprint density at radius 3 is 1.78 bits per heavy atom. The second kappa shape index (κ2) is 12.6. The molecular formula is C49H32N6. The molecule has 0 N–H and O–H groups in total. The van der Waals surface area contributed by atoms with Crippen molar-refractivity contribution in [2.45, 2.75) is 19.3 Å². The van der Waals surface area contributed by atoms with Crippen LogP contribution < -0.4 is 0 Å². The van der Waals surface area contributed by atoms with Crippen LogP contribution in [0.1, 0.15) is 30.5 Å². The van der Waals surface area contributed by atoms with E-state index in [1.807, 2.05) is 91.3 Å². The third-order valence-electron chi connectivity index (χ3n) is 10.8. The zero-order valence-corrected chi connectivity index (χ0v) is 30.2. The van der Waals surface area contributed by atoms with Crippen LogP contribution in [-0.4, -0.2) is 24.9 Å². The van der Waals surface area contributed by atoms with Gasteiger partial charge in [0.2, 0.25) is 0 Å². The topological polar surface area (TPSA) is 88.2 Å². The molecule has 6 aromatic carbocycles. The summed E-state index contributed by atoms with van der Waals surface area (Å²) in [5, 5.41) is 11.8. The van der Waals surface area contributed by atoms with E-state index in [0.29, 0.717) is 23.0 Å². The minimum absolute atomic E-state index is 0.285. The largest absolute Gasteiger partial charge is 0.254 e. The first-order chi connectivity index (χ1) is 26.9. The van der Waals surface area contributed by atoms with E-state index in [1.165, 1.54) is 22.3 Å². The zero-order chi connectivity index (χ0) is 37.1. The van der Waals surface area contributed by atoms with E-state index in [-0.39, 0.29) is 5.41 Å². The maximum absolute atomic E-state index is 9.70. The highest BCUT2D eigenvalue weighted by Gasteiger charge is 2.36.